The number of piperazine rings is 1. The predicted octanol–water partition coefficient (Wildman–Crippen LogP) is 4.81. The molecule has 2 aromatic carbocycles. The van der Waals surface area contributed by atoms with Crippen LogP contribution in [-0.4, -0.2) is 104 Å². The van der Waals surface area contributed by atoms with Crippen molar-refractivity contribution >= 4 is 46.7 Å². The molecule has 3 N–H and O–H groups in total. The van der Waals surface area contributed by atoms with Gasteiger partial charge in [-0.05, 0) is 60.5 Å². The van der Waals surface area contributed by atoms with Crippen molar-refractivity contribution in [2.24, 2.45) is 0 Å². The minimum Gasteiger partial charge on any atom is -0.444 e. The summed E-state index contributed by atoms with van der Waals surface area (Å²) in [7, 11) is 0. The Balaban J connectivity index is 0.870. The van der Waals surface area contributed by atoms with Crippen molar-refractivity contribution in [3.8, 4) is 17.1 Å². The number of hydrogen-bond donors (Lipinski definition) is 3. The van der Waals surface area contributed by atoms with E-state index in [1.54, 1.807) is 30.3 Å². The van der Waals surface area contributed by atoms with Crippen molar-refractivity contribution in [2.75, 3.05) is 48.3 Å². The van der Waals surface area contributed by atoms with Gasteiger partial charge in [-0.15, -0.1) is 0 Å². The van der Waals surface area contributed by atoms with Crippen LogP contribution in [0.3, 0.4) is 0 Å². The number of piperidine rings is 1. The number of aromatic nitrogens is 4. The maximum atomic E-state index is 14.1. The van der Waals surface area contributed by atoms with E-state index in [4.69, 9.17) is 4.42 Å². The number of halogens is 5. The zero-order valence-corrected chi connectivity index (χ0v) is 31.2. The van der Waals surface area contributed by atoms with Gasteiger partial charge in [-0.3, -0.25) is 39.1 Å². The lowest BCUT2D eigenvalue weighted by atomic mass is 10.0. The average molecular weight is 833 g/mol. The molecule has 3 aliphatic heterocycles. The molecule has 2 fully saturated rings. The molecule has 5 amide bonds. The standard InChI is InChI=1S/C39H33F5N10O6/c40-33(41)32-27(47-34(56)28-19-60-36(48-28)22-9-10-45-30(16-22)46-20-39(42,43)44)18-53(50-32)24-4-2-23(3-5-24)52-13-11-51(12-14-52)17-21-1-6-25-26(15-21)38(59)54(37(25)58)29-7-8-31(55)49-35(29)57/h1-6,9-10,15-16,18-19,29,33H,7-8,11-14,17,20H2,(H,45,46)(H,47,56)(H,49,55,57). The predicted molar refractivity (Wildman–Crippen MR) is 201 cm³/mol. The Hall–Kier alpha value is -7.03. The van der Waals surface area contributed by atoms with Crippen molar-refractivity contribution < 1.29 is 50.3 Å². The van der Waals surface area contributed by atoms with E-state index >= 15 is 0 Å². The van der Waals surface area contributed by atoms with Crippen LogP contribution in [0, 0.1) is 0 Å². The molecule has 5 aromatic rings. The number of alkyl halides is 5. The molecule has 0 aliphatic carbocycles. The molecule has 0 saturated carbocycles. The molecule has 8 rings (SSSR count). The first kappa shape index (κ1) is 39.8. The van der Waals surface area contributed by atoms with E-state index in [9.17, 15) is 45.9 Å². The molecular formula is C39H33F5N10O6. The summed E-state index contributed by atoms with van der Waals surface area (Å²) in [5, 5.41) is 10.7. The van der Waals surface area contributed by atoms with E-state index in [1.165, 1.54) is 29.2 Å². The Kier molecular flexibility index (Phi) is 10.6. The minimum atomic E-state index is -4.47. The summed E-state index contributed by atoms with van der Waals surface area (Å²) in [5.74, 6) is -3.33. The third kappa shape index (κ3) is 8.28. The van der Waals surface area contributed by atoms with Crippen molar-refractivity contribution in [1.82, 2.24) is 34.9 Å². The number of pyridine rings is 1. The van der Waals surface area contributed by atoms with Gasteiger partial charge in [0, 0.05) is 56.6 Å². The van der Waals surface area contributed by atoms with E-state index in [1.807, 2.05) is 12.1 Å². The second-order valence-corrected chi connectivity index (χ2v) is 14.2. The molecule has 0 radical (unpaired) electrons. The van der Waals surface area contributed by atoms with Crippen LogP contribution in [0.1, 0.15) is 61.7 Å². The Morgan fingerprint density at radius 1 is 0.933 bits per heavy atom. The van der Waals surface area contributed by atoms with Gasteiger partial charge in [0.1, 0.15) is 24.7 Å². The minimum absolute atomic E-state index is 0.0374. The van der Waals surface area contributed by atoms with Crippen molar-refractivity contribution in [3.63, 3.8) is 0 Å². The van der Waals surface area contributed by atoms with E-state index < -0.39 is 60.4 Å². The third-order valence-electron chi connectivity index (χ3n) is 10.2. The normalized spacial score (nSPS) is 17.3. The van der Waals surface area contributed by atoms with Crippen molar-refractivity contribution in [3.05, 3.63) is 101 Å². The molecule has 0 bridgehead atoms. The van der Waals surface area contributed by atoms with Crippen molar-refractivity contribution in [1.29, 1.82) is 0 Å². The maximum Gasteiger partial charge on any atom is 0.405 e. The highest BCUT2D eigenvalue weighted by molar-refractivity contribution is 6.23. The van der Waals surface area contributed by atoms with Gasteiger partial charge >= 0.3 is 6.18 Å². The summed E-state index contributed by atoms with van der Waals surface area (Å²) < 4.78 is 72.5. The highest BCUT2D eigenvalue weighted by atomic mass is 19.4. The molecular weight excluding hydrogens is 799 g/mol. The first-order chi connectivity index (χ1) is 28.7. The van der Waals surface area contributed by atoms with Crippen LogP contribution >= 0.6 is 0 Å². The lowest BCUT2D eigenvalue weighted by Gasteiger charge is -2.36. The van der Waals surface area contributed by atoms with Crippen LogP contribution < -0.4 is 20.9 Å². The number of carbonyl (C=O) groups is 5. The molecule has 60 heavy (non-hydrogen) atoms. The number of fused-ring (bicyclic) bond motifs is 1. The lowest BCUT2D eigenvalue weighted by molar-refractivity contribution is -0.136. The summed E-state index contributed by atoms with van der Waals surface area (Å²) in [6, 6.07) is 13.7. The van der Waals surface area contributed by atoms with Gasteiger partial charge in [0.25, 0.3) is 24.1 Å². The third-order valence-corrected chi connectivity index (χ3v) is 10.2. The second-order valence-electron chi connectivity index (χ2n) is 14.2. The summed E-state index contributed by atoms with van der Waals surface area (Å²) >= 11 is 0. The molecule has 1 atom stereocenters. The summed E-state index contributed by atoms with van der Waals surface area (Å²) in [5.41, 5.74) is 1.57. The average Bonchev–Trinajstić information content (AvgIpc) is 3.95. The van der Waals surface area contributed by atoms with E-state index in [2.05, 4.69) is 40.8 Å². The maximum absolute atomic E-state index is 14.1. The number of oxazole rings is 1. The van der Waals surface area contributed by atoms with Gasteiger partial charge in [0.05, 0.1) is 28.7 Å². The topological polar surface area (TPSA) is 188 Å². The van der Waals surface area contributed by atoms with E-state index in [0.717, 1.165) is 22.4 Å². The fourth-order valence-corrected chi connectivity index (χ4v) is 7.18. The van der Waals surface area contributed by atoms with Crippen LogP contribution in [0.5, 0.6) is 0 Å². The Labute approximate surface area is 336 Å². The number of imide groups is 2. The zero-order chi connectivity index (χ0) is 42.3. The van der Waals surface area contributed by atoms with E-state index in [0.29, 0.717) is 38.4 Å². The number of rotatable bonds is 11. The molecule has 3 aromatic heterocycles. The number of nitrogens with zero attached hydrogens (tertiary/aromatic N) is 7. The smallest absolute Gasteiger partial charge is 0.405 e. The van der Waals surface area contributed by atoms with E-state index in [-0.39, 0.29) is 52.6 Å². The number of carbonyl (C=O) groups excluding carboxylic acids is 5. The number of nitrogens with one attached hydrogen (secondary N) is 3. The molecule has 1 unspecified atom stereocenters. The van der Waals surface area contributed by atoms with Crippen LogP contribution in [0.25, 0.3) is 17.1 Å². The van der Waals surface area contributed by atoms with Gasteiger partial charge in [-0.1, -0.05) is 6.07 Å². The van der Waals surface area contributed by atoms with Crippen LogP contribution in [-0.2, 0) is 16.1 Å². The number of hydrogen-bond acceptors (Lipinski definition) is 12. The first-order valence-corrected chi connectivity index (χ1v) is 18.5. The number of benzene rings is 2. The van der Waals surface area contributed by atoms with Gasteiger partial charge in [0.2, 0.25) is 17.7 Å². The lowest BCUT2D eigenvalue weighted by Crippen LogP contribution is -2.54. The molecule has 16 nitrogen and oxygen atoms in total. The fourth-order valence-electron chi connectivity index (χ4n) is 7.18. The SMILES string of the molecule is O=C1CCC(N2C(=O)c3ccc(CN4CCN(c5ccc(-n6cc(NC(=O)c7coc(-c8ccnc(NCC(F)(F)F)c8)n7)c(C(F)F)n6)cc5)CC4)cc3C2=O)C(=O)N1. The van der Waals surface area contributed by atoms with Crippen LogP contribution in [0.15, 0.2) is 77.7 Å². The molecule has 310 valence electrons. The molecule has 21 heteroatoms. The van der Waals surface area contributed by atoms with Gasteiger partial charge in [0.15, 0.2) is 11.4 Å². The number of anilines is 3. The highest BCUT2D eigenvalue weighted by Gasteiger charge is 2.44. The summed E-state index contributed by atoms with van der Waals surface area (Å²) in [6.07, 6.45) is -3.95. The highest BCUT2D eigenvalue weighted by Crippen LogP contribution is 2.31. The second kappa shape index (κ2) is 16.0. The summed E-state index contributed by atoms with van der Waals surface area (Å²) in [4.78, 5) is 76.5. The molecule has 0 spiro atoms. The van der Waals surface area contributed by atoms with Crippen LogP contribution in [0.2, 0.25) is 0 Å². The van der Waals surface area contributed by atoms with Gasteiger partial charge < -0.3 is 20.0 Å². The Bertz CT molecular complexity index is 2500. The first-order valence-electron chi connectivity index (χ1n) is 18.5. The van der Waals surface area contributed by atoms with Crippen LogP contribution in [0.4, 0.5) is 39.1 Å². The fraction of sp³-hybridized carbons (Fsp3) is 0.282. The quantitative estimate of drug-likeness (QED) is 0.122. The Morgan fingerprint density at radius 2 is 1.67 bits per heavy atom. The summed E-state index contributed by atoms with van der Waals surface area (Å²) in [6.45, 7) is 1.84. The monoisotopic (exact) mass is 832 g/mol. The van der Waals surface area contributed by atoms with Gasteiger partial charge in [-0.2, -0.15) is 18.3 Å². The largest absolute Gasteiger partial charge is 0.444 e. The zero-order valence-electron chi connectivity index (χ0n) is 31.2. The molecule has 3 aliphatic rings. The number of amides is 5. The Morgan fingerprint density at radius 3 is 2.38 bits per heavy atom. The van der Waals surface area contributed by atoms with Gasteiger partial charge in [-0.25, -0.2) is 23.4 Å². The molecule has 6 heterocycles. The molecule has 2 saturated heterocycles. The van der Waals surface area contributed by atoms with Crippen molar-refractivity contribution in [2.45, 2.75) is 38.0 Å².